The summed E-state index contributed by atoms with van der Waals surface area (Å²) in [6, 6.07) is 23.9. The fraction of sp³-hybridized carbons (Fsp3) is 0.444. The first kappa shape index (κ1) is 32.9. The number of carbonyl (C=O) groups excluding carboxylic acids is 1. The van der Waals surface area contributed by atoms with E-state index >= 15 is 0 Å². The maximum absolute atomic E-state index is 13.2. The van der Waals surface area contributed by atoms with E-state index in [1.807, 2.05) is 54.6 Å². The number of para-hydroxylation sites is 1. The molecule has 1 aliphatic rings. The lowest BCUT2D eigenvalue weighted by molar-refractivity contribution is -0.149. The SMILES string of the molecule is CCOC(Cc1ccc(OCCN(CCCCC2CCCCC2)C(=O)Oc2ccc(Oc3ccccc3)cc2)cc1)C(=O)O. The Labute approximate surface area is 260 Å². The minimum Gasteiger partial charge on any atom is -0.492 e. The standard InChI is InChI=1S/C36H45NO7/c1-2-41-34(35(38)39)27-29-16-18-30(19-17-29)42-26-25-37(24-10-9-13-28-11-5-3-6-12-28)36(40)44-33-22-20-32(21-23-33)43-31-14-7-4-8-15-31/h4,7-8,14-23,28,34H,2-3,5-6,9-13,24-27H2,1H3,(H,38,39). The molecule has 1 amide bonds. The van der Waals surface area contributed by atoms with Gasteiger partial charge in [-0.2, -0.15) is 0 Å². The van der Waals surface area contributed by atoms with Crippen molar-refractivity contribution in [2.75, 3.05) is 26.3 Å². The number of hydrogen-bond acceptors (Lipinski definition) is 6. The molecule has 0 heterocycles. The third-order valence-electron chi connectivity index (χ3n) is 7.90. The van der Waals surface area contributed by atoms with Gasteiger partial charge in [-0.3, -0.25) is 0 Å². The number of benzene rings is 3. The number of aliphatic carboxylic acids is 1. The number of carbonyl (C=O) groups is 2. The van der Waals surface area contributed by atoms with Crippen molar-refractivity contribution in [3.8, 4) is 23.0 Å². The fourth-order valence-corrected chi connectivity index (χ4v) is 5.50. The molecule has 1 atom stereocenters. The van der Waals surface area contributed by atoms with E-state index in [1.165, 1.54) is 38.5 Å². The maximum atomic E-state index is 13.2. The summed E-state index contributed by atoms with van der Waals surface area (Å²) in [5.74, 6) is 2.33. The van der Waals surface area contributed by atoms with E-state index in [0.717, 1.165) is 30.1 Å². The van der Waals surface area contributed by atoms with Gasteiger partial charge in [-0.05, 0) is 73.4 Å². The van der Waals surface area contributed by atoms with Crippen LogP contribution in [0.3, 0.4) is 0 Å². The molecule has 3 aromatic carbocycles. The van der Waals surface area contributed by atoms with Crippen LogP contribution in [-0.4, -0.2) is 54.5 Å². The number of unbranched alkanes of at least 4 members (excludes halogenated alkanes) is 1. The molecule has 0 aliphatic heterocycles. The predicted molar refractivity (Wildman–Crippen MR) is 170 cm³/mol. The average molecular weight is 604 g/mol. The quantitative estimate of drug-likeness (QED) is 0.156. The van der Waals surface area contributed by atoms with E-state index in [-0.39, 0.29) is 6.42 Å². The second-order valence-electron chi connectivity index (χ2n) is 11.2. The van der Waals surface area contributed by atoms with Crippen LogP contribution in [0, 0.1) is 5.92 Å². The smallest absolute Gasteiger partial charge is 0.415 e. The molecular formula is C36H45NO7. The Morgan fingerprint density at radius 1 is 0.818 bits per heavy atom. The van der Waals surface area contributed by atoms with Crippen molar-refractivity contribution in [1.82, 2.24) is 4.90 Å². The Bertz CT molecular complexity index is 1260. The largest absolute Gasteiger partial charge is 0.492 e. The van der Waals surface area contributed by atoms with Gasteiger partial charge in [0.2, 0.25) is 0 Å². The van der Waals surface area contributed by atoms with Crippen molar-refractivity contribution < 1.29 is 33.6 Å². The maximum Gasteiger partial charge on any atom is 0.415 e. The van der Waals surface area contributed by atoms with Crippen molar-refractivity contribution >= 4 is 12.1 Å². The Hall–Kier alpha value is -4.04. The Balaban J connectivity index is 1.29. The number of carboxylic acids is 1. The van der Waals surface area contributed by atoms with E-state index in [4.69, 9.17) is 18.9 Å². The molecule has 1 aliphatic carbocycles. The Morgan fingerprint density at radius 3 is 2.16 bits per heavy atom. The zero-order valence-corrected chi connectivity index (χ0v) is 25.7. The Morgan fingerprint density at radius 2 is 1.48 bits per heavy atom. The van der Waals surface area contributed by atoms with Gasteiger partial charge in [-0.1, -0.05) is 75.3 Å². The van der Waals surface area contributed by atoms with Gasteiger partial charge in [-0.15, -0.1) is 0 Å². The highest BCUT2D eigenvalue weighted by atomic mass is 16.6. The molecule has 8 heteroatoms. The number of hydrogen-bond donors (Lipinski definition) is 1. The molecule has 1 saturated carbocycles. The first-order valence-electron chi connectivity index (χ1n) is 15.9. The van der Waals surface area contributed by atoms with Crippen molar-refractivity contribution in [3.63, 3.8) is 0 Å². The molecule has 0 bridgehead atoms. The summed E-state index contributed by atoms with van der Waals surface area (Å²) in [6.07, 6.45) is 8.88. The summed E-state index contributed by atoms with van der Waals surface area (Å²) in [5, 5.41) is 9.34. The number of nitrogens with zero attached hydrogens (tertiary/aromatic N) is 1. The minimum absolute atomic E-state index is 0.281. The first-order valence-corrected chi connectivity index (χ1v) is 15.9. The van der Waals surface area contributed by atoms with Crippen molar-refractivity contribution in [1.29, 1.82) is 0 Å². The molecule has 236 valence electrons. The molecule has 1 N–H and O–H groups in total. The molecule has 0 spiro atoms. The lowest BCUT2D eigenvalue weighted by atomic mass is 9.86. The summed E-state index contributed by atoms with van der Waals surface area (Å²) in [7, 11) is 0. The predicted octanol–water partition coefficient (Wildman–Crippen LogP) is 8.14. The third-order valence-corrected chi connectivity index (χ3v) is 7.90. The Kier molecular flexibility index (Phi) is 13.4. The van der Waals surface area contributed by atoms with Crippen molar-refractivity contribution in [3.05, 3.63) is 84.4 Å². The van der Waals surface area contributed by atoms with E-state index in [0.29, 0.717) is 43.6 Å². The minimum atomic E-state index is -0.977. The van der Waals surface area contributed by atoms with Gasteiger partial charge in [-0.25, -0.2) is 9.59 Å². The van der Waals surface area contributed by atoms with Crippen molar-refractivity contribution in [2.24, 2.45) is 5.92 Å². The van der Waals surface area contributed by atoms with E-state index in [1.54, 1.807) is 36.1 Å². The van der Waals surface area contributed by atoms with E-state index in [2.05, 4.69) is 0 Å². The lowest BCUT2D eigenvalue weighted by Crippen LogP contribution is -2.37. The van der Waals surface area contributed by atoms with E-state index in [9.17, 15) is 14.7 Å². The molecule has 0 saturated heterocycles. The van der Waals surface area contributed by atoms with Crippen LogP contribution in [0.4, 0.5) is 4.79 Å². The molecule has 1 fully saturated rings. The van der Waals surface area contributed by atoms with Crippen LogP contribution in [0.25, 0.3) is 0 Å². The molecule has 44 heavy (non-hydrogen) atoms. The third kappa shape index (κ3) is 11.2. The number of ether oxygens (including phenoxy) is 4. The number of rotatable bonds is 17. The van der Waals surface area contributed by atoms with Crippen LogP contribution in [0.2, 0.25) is 0 Å². The summed E-state index contributed by atoms with van der Waals surface area (Å²) in [4.78, 5) is 26.3. The van der Waals surface area contributed by atoms with Crippen LogP contribution in [0.5, 0.6) is 23.0 Å². The lowest BCUT2D eigenvalue weighted by Gasteiger charge is -2.24. The van der Waals surface area contributed by atoms with Crippen LogP contribution < -0.4 is 14.2 Å². The van der Waals surface area contributed by atoms with Crippen LogP contribution in [-0.2, 0) is 16.0 Å². The van der Waals surface area contributed by atoms with Crippen LogP contribution in [0.15, 0.2) is 78.9 Å². The monoisotopic (exact) mass is 603 g/mol. The number of carboxylic acid groups (broad SMARTS) is 1. The molecule has 0 radical (unpaired) electrons. The van der Waals surface area contributed by atoms with Gasteiger partial charge in [0.25, 0.3) is 0 Å². The highest BCUT2D eigenvalue weighted by Crippen LogP contribution is 2.28. The fourth-order valence-electron chi connectivity index (χ4n) is 5.50. The molecule has 3 aromatic rings. The van der Waals surface area contributed by atoms with Crippen LogP contribution in [0.1, 0.15) is 63.9 Å². The zero-order chi connectivity index (χ0) is 31.0. The zero-order valence-electron chi connectivity index (χ0n) is 25.7. The summed E-state index contributed by atoms with van der Waals surface area (Å²) >= 11 is 0. The molecular weight excluding hydrogens is 558 g/mol. The summed E-state index contributed by atoms with van der Waals surface area (Å²) < 4.78 is 22.8. The first-order chi connectivity index (χ1) is 21.5. The van der Waals surface area contributed by atoms with Gasteiger partial charge in [0.15, 0.2) is 6.10 Å². The second kappa shape index (κ2) is 17.9. The normalized spacial score (nSPS) is 14.0. The topological polar surface area (TPSA) is 94.5 Å². The van der Waals surface area contributed by atoms with E-state index < -0.39 is 18.2 Å². The highest BCUT2D eigenvalue weighted by Gasteiger charge is 2.19. The molecule has 4 rings (SSSR count). The average Bonchev–Trinajstić information content (AvgIpc) is 3.04. The van der Waals surface area contributed by atoms with Gasteiger partial charge in [0, 0.05) is 19.6 Å². The van der Waals surface area contributed by atoms with Crippen molar-refractivity contribution in [2.45, 2.75) is 70.8 Å². The highest BCUT2D eigenvalue weighted by molar-refractivity contribution is 5.72. The van der Waals surface area contributed by atoms with Gasteiger partial charge < -0.3 is 29.0 Å². The van der Waals surface area contributed by atoms with Gasteiger partial charge >= 0.3 is 12.1 Å². The van der Waals surface area contributed by atoms with Gasteiger partial charge in [0.1, 0.15) is 29.6 Å². The van der Waals surface area contributed by atoms with Crippen LogP contribution >= 0.6 is 0 Å². The molecule has 8 nitrogen and oxygen atoms in total. The second-order valence-corrected chi connectivity index (χ2v) is 11.2. The summed E-state index contributed by atoms with van der Waals surface area (Å²) in [5.41, 5.74) is 0.849. The molecule has 0 aromatic heterocycles. The molecule has 1 unspecified atom stereocenters. The summed E-state index contributed by atoms with van der Waals surface area (Å²) in [6.45, 7) is 3.39. The van der Waals surface area contributed by atoms with Gasteiger partial charge in [0.05, 0.1) is 6.54 Å². The number of amides is 1.